The van der Waals surface area contributed by atoms with E-state index in [1.54, 1.807) is 42.3 Å². The van der Waals surface area contributed by atoms with Crippen molar-refractivity contribution in [1.29, 1.82) is 0 Å². The van der Waals surface area contributed by atoms with Crippen molar-refractivity contribution in [1.82, 2.24) is 9.88 Å². The fraction of sp³-hybridized carbons (Fsp3) is 0.250. The van der Waals surface area contributed by atoms with Gasteiger partial charge in [-0.2, -0.15) is 0 Å². The zero-order valence-corrected chi connectivity index (χ0v) is 16.7. The van der Waals surface area contributed by atoms with Crippen molar-refractivity contribution in [2.45, 2.75) is 13.0 Å². The van der Waals surface area contributed by atoms with E-state index in [1.165, 1.54) is 24.7 Å². The van der Waals surface area contributed by atoms with Gasteiger partial charge in [-0.15, -0.1) is 0 Å². The maximum absolute atomic E-state index is 13.0. The van der Waals surface area contributed by atoms with Gasteiger partial charge in [0.1, 0.15) is 11.5 Å². The van der Waals surface area contributed by atoms with Crippen LogP contribution in [0.25, 0.3) is 0 Å². The summed E-state index contributed by atoms with van der Waals surface area (Å²) in [4.78, 5) is 32.4. The molecule has 0 radical (unpaired) electrons. The molecule has 0 fully saturated rings. The second-order valence-electron chi connectivity index (χ2n) is 6.36. The van der Waals surface area contributed by atoms with Crippen LogP contribution >= 0.6 is 11.3 Å². The van der Waals surface area contributed by atoms with E-state index < -0.39 is 0 Å². The molecule has 29 heavy (non-hydrogen) atoms. The fourth-order valence-corrected chi connectivity index (χ4v) is 4.15. The molecule has 0 spiro atoms. The third kappa shape index (κ3) is 3.81. The highest BCUT2D eigenvalue weighted by Gasteiger charge is 2.27. The number of nitrogens with zero attached hydrogens (tertiary/aromatic N) is 2. The monoisotopic (exact) mass is 413 g/mol. The third-order valence-electron chi connectivity index (χ3n) is 4.62. The number of rotatable bonds is 5. The van der Waals surface area contributed by atoms with Crippen molar-refractivity contribution in [3.63, 3.8) is 0 Å². The van der Waals surface area contributed by atoms with Crippen LogP contribution in [0.1, 0.15) is 31.5 Å². The predicted octanol–water partition coefficient (Wildman–Crippen LogP) is 3.20. The number of benzene rings is 1. The lowest BCUT2D eigenvalue weighted by atomic mass is 10.1. The molecule has 0 unspecified atom stereocenters. The molecule has 0 saturated carbocycles. The van der Waals surface area contributed by atoms with Crippen molar-refractivity contribution >= 4 is 28.3 Å². The Morgan fingerprint density at radius 1 is 1.24 bits per heavy atom. The summed E-state index contributed by atoms with van der Waals surface area (Å²) < 4.78 is 15.6. The second-order valence-corrected chi connectivity index (χ2v) is 7.45. The Morgan fingerprint density at radius 3 is 2.83 bits per heavy atom. The van der Waals surface area contributed by atoms with Gasteiger partial charge in [0.15, 0.2) is 10.9 Å². The number of hydrogen-bond acceptors (Lipinski definition) is 7. The van der Waals surface area contributed by atoms with Gasteiger partial charge >= 0.3 is 0 Å². The van der Waals surface area contributed by atoms with Gasteiger partial charge in [-0.25, -0.2) is 4.98 Å². The van der Waals surface area contributed by atoms with Crippen molar-refractivity contribution in [2.75, 3.05) is 26.1 Å². The van der Waals surface area contributed by atoms with Gasteiger partial charge < -0.3 is 18.8 Å². The minimum atomic E-state index is -0.350. The van der Waals surface area contributed by atoms with Gasteiger partial charge in [-0.3, -0.25) is 14.9 Å². The lowest BCUT2D eigenvalue weighted by Crippen LogP contribution is -2.35. The zero-order valence-electron chi connectivity index (χ0n) is 15.9. The summed E-state index contributed by atoms with van der Waals surface area (Å²) in [5.74, 6) is 0.845. The van der Waals surface area contributed by atoms with Gasteiger partial charge in [0.2, 0.25) is 0 Å². The molecule has 2 aromatic heterocycles. The Labute approximate surface area is 171 Å². The number of carbonyl (C=O) groups excluding carboxylic acids is 2. The number of anilines is 1. The van der Waals surface area contributed by atoms with Crippen molar-refractivity contribution in [2.24, 2.45) is 0 Å². The van der Waals surface area contributed by atoms with Crippen LogP contribution in [0.4, 0.5) is 5.13 Å². The number of hydrogen-bond donors (Lipinski definition) is 1. The van der Waals surface area contributed by atoms with Gasteiger partial charge in [0.05, 0.1) is 38.3 Å². The summed E-state index contributed by atoms with van der Waals surface area (Å²) in [7, 11) is 3.09. The Morgan fingerprint density at radius 2 is 2.10 bits per heavy atom. The molecule has 4 rings (SSSR count). The number of amides is 2. The Balaban J connectivity index is 1.49. The number of methoxy groups -OCH3 is 2. The van der Waals surface area contributed by atoms with E-state index in [0.717, 1.165) is 10.6 Å². The minimum absolute atomic E-state index is 0.121. The molecule has 0 aliphatic carbocycles. The topological polar surface area (TPSA) is 93.9 Å². The van der Waals surface area contributed by atoms with Crippen LogP contribution in [-0.4, -0.2) is 42.5 Å². The van der Waals surface area contributed by atoms with Crippen LogP contribution in [0.2, 0.25) is 0 Å². The molecule has 1 N–H and O–H groups in total. The van der Waals surface area contributed by atoms with Gasteiger partial charge in [-0.05, 0) is 24.3 Å². The minimum Gasteiger partial charge on any atom is -0.497 e. The normalized spacial score (nSPS) is 13.0. The maximum Gasteiger partial charge on any atom is 0.293 e. The molecule has 1 aliphatic rings. The van der Waals surface area contributed by atoms with Crippen molar-refractivity contribution in [3.8, 4) is 11.5 Å². The molecule has 2 amide bonds. The molecule has 3 aromatic rings. The fourth-order valence-electron chi connectivity index (χ4n) is 3.13. The second kappa shape index (κ2) is 7.96. The number of fused-ring (bicyclic) bond motifs is 1. The van der Waals surface area contributed by atoms with Gasteiger partial charge in [0.25, 0.3) is 11.8 Å². The Bertz CT molecular complexity index is 1040. The van der Waals surface area contributed by atoms with E-state index in [-0.39, 0.29) is 17.6 Å². The summed E-state index contributed by atoms with van der Waals surface area (Å²) in [6.07, 6.45) is 2.06. The number of nitrogens with one attached hydrogen (secondary N) is 1. The molecule has 0 bridgehead atoms. The van der Waals surface area contributed by atoms with Crippen LogP contribution in [0.3, 0.4) is 0 Å². The van der Waals surface area contributed by atoms with Crippen LogP contribution in [0.5, 0.6) is 11.5 Å². The van der Waals surface area contributed by atoms with Crippen molar-refractivity contribution in [3.05, 3.63) is 58.5 Å². The maximum atomic E-state index is 13.0. The highest BCUT2D eigenvalue weighted by Crippen LogP contribution is 2.31. The third-order valence-corrected chi connectivity index (χ3v) is 5.62. The van der Waals surface area contributed by atoms with E-state index in [1.807, 2.05) is 0 Å². The standard InChI is InChI=1S/C20H19N3O5S/c1-26-12-5-6-13(16(10-12)27-2)19(25)23-8-7-14-17(11-23)29-20(21-14)22-18(24)15-4-3-9-28-15/h3-6,9-10H,7-8,11H2,1-2H3,(H,21,22,24). The van der Waals surface area contributed by atoms with Gasteiger partial charge in [-0.1, -0.05) is 11.3 Å². The van der Waals surface area contributed by atoms with E-state index in [2.05, 4.69) is 10.3 Å². The summed E-state index contributed by atoms with van der Waals surface area (Å²) in [5, 5.41) is 3.24. The zero-order chi connectivity index (χ0) is 20.4. The van der Waals surface area contributed by atoms with E-state index in [9.17, 15) is 9.59 Å². The van der Waals surface area contributed by atoms with E-state index in [4.69, 9.17) is 13.9 Å². The van der Waals surface area contributed by atoms with Gasteiger partial charge in [0, 0.05) is 23.9 Å². The first-order valence-electron chi connectivity index (χ1n) is 8.93. The Hall–Kier alpha value is -3.33. The summed E-state index contributed by atoms with van der Waals surface area (Å²) in [6.45, 7) is 0.966. The van der Waals surface area contributed by atoms with Crippen molar-refractivity contribution < 1.29 is 23.5 Å². The first-order chi connectivity index (χ1) is 14.1. The lowest BCUT2D eigenvalue weighted by molar-refractivity contribution is 0.0732. The summed E-state index contributed by atoms with van der Waals surface area (Å²) in [5.41, 5.74) is 1.38. The summed E-state index contributed by atoms with van der Waals surface area (Å²) >= 11 is 1.36. The number of thiazole rings is 1. The molecule has 1 aromatic carbocycles. The average Bonchev–Trinajstić information content (AvgIpc) is 3.41. The smallest absolute Gasteiger partial charge is 0.293 e. The van der Waals surface area contributed by atoms with E-state index >= 15 is 0 Å². The average molecular weight is 413 g/mol. The van der Waals surface area contributed by atoms with E-state index in [0.29, 0.717) is 41.7 Å². The molecule has 3 heterocycles. The van der Waals surface area contributed by atoms with Crippen LogP contribution in [0, 0.1) is 0 Å². The molecular weight excluding hydrogens is 394 g/mol. The number of furan rings is 1. The van der Waals surface area contributed by atoms with Crippen LogP contribution in [-0.2, 0) is 13.0 Å². The first-order valence-corrected chi connectivity index (χ1v) is 9.75. The molecule has 0 atom stereocenters. The highest BCUT2D eigenvalue weighted by molar-refractivity contribution is 7.15. The molecule has 1 aliphatic heterocycles. The van der Waals surface area contributed by atoms with Crippen LogP contribution < -0.4 is 14.8 Å². The summed E-state index contributed by atoms with van der Waals surface area (Å²) in [6, 6.07) is 8.37. The number of aromatic nitrogens is 1. The molecular formula is C20H19N3O5S. The number of ether oxygens (including phenoxy) is 2. The van der Waals surface area contributed by atoms with Crippen LogP contribution in [0.15, 0.2) is 41.0 Å². The molecule has 9 heteroatoms. The predicted molar refractivity (Wildman–Crippen MR) is 107 cm³/mol. The SMILES string of the molecule is COc1ccc(C(=O)N2CCc3nc(NC(=O)c4ccco4)sc3C2)c(OC)c1. The first kappa shape index (κ1) is 19.0. The number of carbonyl (C=O) groups is 2. The molecule has 0 saturated heterocycles. The quantitative estimate of drug-likeness (QED) is 0.690. The Kier molecular flexibility index (Phi) is 5.22. The largest absolute Gasteiger partial charge is 0.497 e. The lowest BCUT2D eigenvalue weighted by Gasteiger charge is -2.26. The highest BCUT2D eigenvalue weighted by atomic mass is 32.1. The molecule has 150 valence electrons. The molecule has 8 nitrogen and oxygen atoms in total.